The van der Waals surface area contributed by atoms with Crippen molar-refractivity contribution < 1.29 is 8.78 Å². The minimum absolute atomic E-state index is 0.101. The predicted octanol–water partition coefficient (Wildman–Crippen LogP) is 4.20. The second-order valence-electron chi connectivity index (χ2n) is 5.21. The minimum atomic E-state index is -0.585. The molecule has 0 spiro atoms. The molecule has 1 aromatic rings. The lowest BCUT2D eigenvalue weighted by atomic mass is 10.1. The predicted molar refractivity (Wildman–Crippen MR) is 77.9 cm³/mol. The lowest BCUT2D eigenvalue weighted by Crippen LogP contribution is -2.10. The number of hydrogen-bond donors (Lipinski definition) is 1. The van der Waals surface area contributed by atoms with Crippen molar-refractivity contribution in [2.24, 2.45) is 10.9 Å². The second-order valence-corrected chi connectivity index (χ2v) is 6.22. The van der Waals surface area contributed by atoms with Crippen molar-refractivity contribution in [1.82, 2.24) is 0 Å². The van der Waals surface area contributed by atoms with Gasteiger partial charge in [-0.2, -0.15) is 0 Å². The van der Waals surface area contributed by atoms with Crippen molar-refractivity contribution in [2.75, 3.05) is 11.1 Å². The van der Waals surface area contributed by atoms with Crippen molar-refractivity contribution in [3.05, 3.63) is 29.3 Å². The lowest BCUT2D eigenvalue weighted by Gasteiger charge is -2.09. The zero-order valence-corrected chi connectivity index (χ0v) is 12.2. The van der Waals surface area contributed by atoms with Gasteiger partial charge in [-0.05, 0) is 30.9 Å². The lowest BCUT2D eigenvalue weighted by molar-refractivity contribution is 0.529. The fourth-order valence-electron chi connectivity index (χ4n) is 2.03. The van der Waals surface area contributed by atoms with Crippen molar-refractivity contribution >= 4 is 22.6 Å². The summed E-state index contributed by atoms with van der Waals surface area (Å²) in [5, 5.41) is 3.39. The monoisotopic (exact) mass is 284 g/mol. The van der Waals surface area contributed by atoms with Gasteiger partial charge in [-0.3, -0.25) is 4.99 Å². The Labute approximate surface area is 116 Å². The van der Waals surface area contributed by atoms with Crippen LogP contribution in [-0.4, -0.2) is 17.0 Å². The molecule has 5 heteroatoms. The van der Waals surface area contributed by atoms with Gasteiger partial charge in [-0.15, -0.1) is 0 Å². The molecule has 1 N–H and O–H groups in total. The smallest absolute Gasteiger partial charge is 0.161 e. The molecule has 2 rings (SSSR count). The Bertz CT molecular complexity index is 500. The highest BCUT2D eigenvalue weighted by Gasteiger charge is 2.21. The van der Waals surface area contributed by atoms with E-state index in [0.717, 1.165) is 12.2 Å². The van der Waals surface area contributed by atoms with Crippen LogP contribution in [0.4, 0.5) is 14.5 Å². The summed E-state index contributed by atoms with van der Waals surface area (Å²) in [7, 11) is 0. The van der Waals surface area contributed by atoms with Crippen LogP contribution >= 0.6 is 11.8 Å². The van der Waals surface area contributed by atoms with E-state index >= 15 is 0 Å². The molecule has 0 aromatic heterocycles. The summed E-state index contributed by atoms with van der Waals surface area (Å²) in [6.07, 6.45) is 0.997. The van der Waals surface area contributed by atoms with E-state index in [1.165, 1.54) is 23.9 Å². The highest BCUT2D eigenvalue weighted by atomic mass is 32.2. The molecule has 1 aliphatic rings. The normalized spacial score (nSPS) is 18.8. The molecular formula is C14H18F2N2S. The highest BCUT2D eigenvalue weighted by molar-refractivity contribution is 8.14. The standard InChI is InChI=1S/C14H18F2N2S/c1-8(2)6-10-7-19-14(17-10)18-13-11(15)5-4-9(3)12(13)16/h4-5,8,10H,6-7H2,1-3H3,(H,17,18). The third-order valence-corrected chi connectivity index (χ3v) is 4.00. The van der Waals surface area contributed by atoms with E-state index in [2.05, 4.69) is 24.2 Å². The third kappa shape index (κ3) is 3.47. The average Bonchev–Trinajstić information content (AvgIpc) is 2.76. The minimum Gasteiger partial charge on any atom is -0.330 e. The fourth-order valence-corrected chi connectivity index (χ4v) is 2.99. The van der Waals surface area contributed by atoms with Crippen LogP contribution in [0.2, 0.25) is 0 Å². The summed E-state index contributed by atoms with van der Waals surface area (Å²) in [6, 6.07) is 2.94. The molecule has 0 bridgehead atoms. The van der Waals surface area contributed by atoms with Crippen LogP contribution in [0.25, 0.3) is 0 Å². The SMILES string of the molecule is Cc1ccc(F)c(NC2=NC(CC(C)C)CS2)c1F. The van der Waals surface area contributed by atoms with Crippen LogP contribution in [0, 0.1) is 24.5 Å². The summed E-state index contributed by atoms with van der Waals surface area (Å²) >= 11 is 1.52. The maximum absolute atomic E-state index is 13.9. The van der Waals surface area contributed by atoms with Gasteiger partial charge >= 0.3 is 0 Å². The van der Waals surface area contributed by atoms with Crippen molar-refractivity contribution in [3.8, 4) is 0 Å². The Morgan fingerprint density at radius 2 is 2.16 bits per heavy atom. The van der Waals surface area contributed by atoms with Crippen LogP contribution in [0.15, 0.2) is 17.1 Å². The van der Waals surface area contributed by atoms with Gasteiger partial charge in [0.2, 0.25) is 0 Å². The number of hydrogen-bond acceptors (Lipinski definition) is 3. The number of benzene rings is 1. The van der Waals surface area contributed by atoms with E-state index in [1.54, 1.807) is 6.92 Å². The second kappa shape index (κ2) is 5.90. The van der Waals surface area contributed by atoms with Gasteiger partial charge in [-0.25, -0.2) is 8.78 Å². The first-order valence-electron chi connectivity index (χ1n) is 6.39. The molecule has 1 atom stereocenters. The first kappa shape index (κ1) is 14.3. The first-order chi connectivity index (χ1) is 8.97. The number of aryl methyl sites for hydroxylation is 1. The van der Waals surface area contributed by atoms with Crippen molar-refractivity contribution in [3.63, 3.8) is 0 Å². The molecule has 0 saturated carbocycles. The summed E-state index contributed by atoms with van der Waals surface area (Å²) in [5.41, 5.74) is 0.322. The Balaban J connectivity index is 2.12. The number of nitrogens with zero attached hydrogens (tertiary/aromatic N) is 1. The van der Waals surface area contributed by atoms with E-state index < -0.39 is 11.6 Å². The molecule has 0 saturated heterocycles. The van der Waals surface area contributed by atoms with E-state index in [9.17, 15) is 8.78 Å². The van der Waals surface area contributed by atoms with Gasteiger partial charge < -0.3 is 5.32 Å². The van der Waals surface area contributed by atoms with Crippen LogP contribution < -0.4 is 5.32 Å². The Hall–Kier alpha value is -1.10. The van der Waals surface area contributed by atoms with Gasteiger partial charge in [-0.1, -0.05) is 31.7 Å². The number of nitrogens with one attached hydrogen (secondary N) is 1. The van der Waals surface area contributed by atoms with Crippen LogP contribution in [-0.2, 0) is 0 Å². The molecule has 0 aliphatic carbocycles. The molecule has 104 valence electrons. The zero-order chi connectivity index (χ0) is 14.0. The molecular weight excluding hydrogens is 266 g/mol. The van der Waals surface area contributed by atoms with Crippen LogP contribution in [0.5, 0.6) is 0 Å². The maximum Gasteiger partial charge on any atom is 0.161 e. The summed E-state index contributed by atoms with van der Waals surface area (Å²) in [5.74, 6) is 0.311. The quantitative estimate of drug-likeness (QED) is 0.899. The zero-order valence-electron chi connectivity index (χ0n) is 11.3. The van der Waals surface area contributed by atoms with E-state index in [1.807, 2.05) is 0 Å². The van der Waals surface area contributed by atoms with Gasteiger partial charge in [0.05, 0.1) is 6.04 Å². The summed E-state index contributed by atoms with van der Waals surface area (Å²) < 4.78 is 27.5. The number of halogens is 2. The third-order valence-electron chi connectivity index (χ3n) is 2.97. The molecule has 0 fully saturated rings. The number of thioether (sulfide) groups is 1. The molecule has 1 aliphatic heterocycles. The maximum atomic E-state index is 13.9. The topological polar surface area (TPSA) is 24.4 Å². The number of anilines is 1. The Morgan fingerprint density at radius 1 is 1.42 bits per heavy atom. The number of rotatable bonds is 3. The van der Waals surface area contributed by atoms with Gasteiger partial charge in [0.25, 0.3) is 0 Å². The van der Waals surface area contributed by atoms with Crippen LogP contribution in [0.3, 0.4) is 0 Å². The molecule has 0 radical (unpaired) electrons. The van der Waals surface area contributed by atoms with Crippen LogP contribution in [0.1, 0.15) is 25.8 Å². The molecule has 2 nitrogen and oxygen atoms in total. The number of amidine groups is 1. The Morgan fingerprint density at radius 3 is 2.84 bits per heavy atom. The Kier molecular flexibility index (Phi) is 4.45. The molecule has 1 unspecified atom stereocenters. The highest BCUT2D eigenvalue weighted by Crippen LogP contribution is 2.27. The first-order valence-corrected chi connectivity index (χ1v) is 7.38. The largest absolute Gasteiger partial charge is 0.330 e. The summed E-state index contributed by atoms with van der Waals surface area (Å²) in [6.45, 7) is 5.90. The fraction of sp³-hybridized carbons (Fsp3) is 0.500. The molecule has 0 amide bonds. The van der Waals surface area contributed by atoms with Crippen molar-refractivity contribution in [1.29, 1.82) is 0 Å². The molecule has 19 heavy (non-hydrogen) atoms. The summed E-state index contributed by atoms with van der Waals surface area (Å²) in [4.78, 5) is 4.47. The average molecular weight is 284 g/mol. The van der Waals surface area contributed by atoms with E-state index in [0.29, 0.717) is 16.6 Å². The van der Waals surface area contributed by atoms with Gasteiger partial charge in [0, 0.05) is 5.75 Å². The molecule has 1 heterocycles. The molecule has 1 aromatic carbocycles. The van der Waals surface area contributed by atoms with Gasteiger partial charge in [0.1, 0.15) is 11.5 Å². The number of aliphatic imine (C=N–C) groups is 1. The van der Waals surface area contributed by atoms with E-state index in [-0.39, 0.29) is 11.7 Å². The van der Waals surface area contributed by atoms with Gasteiger partial charge in [0.15, 0.2) is 11.0 Å². The van der Waals surface area contributed by atoms with Crippen molar-refractivity contribution in [2.45, 2.75) is 33.2 Å². The van der Waals surface area contributed by atoms with E-state index in [4.69, 9.17) is 0 Å².